The highest BCUT2D eigenvalue weighted by Crippen LogP contribution is 2.43. The number of likely N-dealkylation sites (N-methyl/N-ethyl adjacent to an activating group) is 1. The zero-order valence-electron chi connectivity index (χ0n) is 46.4. The molecule has 408 valence electrons. The van der Waals surface area contributed by atoms with Gasteiger partial charge in [-0.3, -0.25) is 18.6 Å². The van der Waals surface area contributed by atoms with E-state index in [0.717, 1.165) is 83.5 Å². The van der Waals surface area contributed by atoms with Gasteiger partial charge in [-0.2, -0.15) is 0 Å². The molecule has 0 radical (unpaired) electrons. The van der Waals surface area contributed by atoms with Gasteiger partial charge < -0.3 is 19.4 Å². The number of ether oxygens (including phenoxy) is 1. The Morgan fingerprint density at radius 2 is 0.958 bits per heavy atom. The number of nitrogens with one attached hydrogen (secondary N) is 1. The molecule has 0 aliphatic carbocycles. The molecule has 0 aliphatic heterocycles. The van der Waals surface area contributed by atoms with Crippen molar-refractivity contribution in [1.29, 1.82) is 0 Å². The second-order valence-corrected chi connectivity index (χ2v) is 21.6. The average molecular weight is 1010 g/mol. The monoisotopic (exact) mass is 1010 g/mol. The number of phosphoric ester groups is 1. The number of allylic oxidation sites excluding steroid dienone is 15. The number of phosphoric acid groups is 1. The van der Waals surface area contributed by atoms with Gasteiger partial charge in [0.25, 0.3) is 0 Å². The van der Waals surface area contributed by atoms with E-state index < -0.39 is 25.9 Å². The Bertz CT molecular complexity index is 1540. The van der Waals surface area contributed by atoms with Gasteiger partial charge in [-0.05, 0) is 96.0 Å². The van der Waals surface area contributed by atoms with E-state index in [1.807, 2.05) is 33.3 Å². The molecule has 0 spiro atoms. The molecule has 0 saturated heterocycles. The fraction of sp³-hybridized carbons (Fsp3) is 0.705. The summed E-state index contributed by atoms with van der Waals surface area (Å²) in [6.07, 6.45) is 67.0. The number of carbonyl (C=O) groups excluding carboxylic acids is 2. The van der Waals surface area contributed by atoms with Crippen LogP contribution in [-0.2, 0) is 27.9 Å². The Morgan fingerprint density at radius 1 is 0.521 bits per heavy atom. The lowest BCUT2D eigenvalue weighted by atomic mass is 10.1. The van der Waals surface area contributed by atoms with Crippen LogP contribution in [0.1, 0.15) is 226 Å². The highest BCUT2D eigenvalue weighted by Gasteiger charge is 2.30. The molecule has 0 aromatic carbocycles. The first-order chi connectivity index (χ1) is 34.4. The summed E-state index contributed by atoms with van der Waals surface area (Å²) in [5.41, 5.74) is 0. The smallest absolute Gasteiger partial charge is 0.456 e. The van der Waals surface area contributed by atoms with Crippen molar-refractivity contribution in [2.75, 3.05) is 40.9 Å². The number of quaternary nitrogens is 1. The lowest BCUT2D eigenvalue weighted by Crippen LogP contribution is -2.47. The Balaban J connectivity index is 5.51. The van der Waals surface area contributed by atoms with Crippen LogP contribution in [0.25, 0.3) is 0 Å². The summed E-state index contributed by atoms with van der Waals surface area (Å²) in [6, 6.07) is -0.889. The summed E-state index contributed by atoms with van der Waals surface area (Å²) in [7, 11) is 1.44. The largest absolute Gasteiger partial charge is 0.472 e. The van der Waals surface area contributed by atoms with E-state index in [0.29, 0.717) is 23.9 Å². The van der Waals surface area contributed by atoms with Crippen LogP contribution in [-0.4, -0.2) is 74.3 Å². The normalized spacial score (nSPS) is 14.5. The number of hydrogen-bond acceptors (Lipinski definition) is 6. The third-order valence-corrected chi connectivity index (χ3v) is 13.0. The van der Waals surface area contributed by atoms with Crippen LogP contribution in [0.4, 0.5) is 0 Å². The van der Waals surface area contributed by atoms with Crippen LogP contribution in [0, 0.1) is 0 Å². The molecule has 9 nitrogen and oxygen atoms in total. The van der Waals surface area contributed by atoms with Crippen LogP contribution >= 0.6 is 7.82 Å². The summed E-state index contributed by atoms with van der Waals surface area (Å²) >= 11 is 0. The molecule has 0 aliphatic rings. The predicted octanol–water partition coefficient (Wildman–Crippen LogP) is 17.2. The lowest BCUT2D eigenvalue weighted by Gasteiger charge is -2.27. The standard InChI is InChI=1S/C61H107N2O7P/c1-7-10-13-16-19-22-25-28-30-32-34-36-39-42-45-48-51-54-61(65)70-59(52-49-46-43-40-37-27-24-21-18-15-12-9-3)58(57-69-71(66,67)68-56-55-63(4,5)6)62-60(64)53-50-47-44-41-38-35-33-31-29-26-23-20-17-14-11-8-2/h10,13,19,22,28,30-31,33-36,38,42,45,49,52,58-59H,7-9,11-12,14-18,20-21,23-27,29,32,37,39-41,43-44,46-48,50-51,53-57H2,1-6H3,(H-,62,64,66,67)/p+1/b13-10-,22-19-,30-28-,33-31+,36-34-,38-35+,45-42-,52-49+. The number of esters is 1. The van der Waals surface area contributed by atoms with E-state index in [9.17, 15) is 19.0 Å². The van der Waals surface area contributed by atoms with Gasteiger partial charge in [0.05, 0.1) is 33.8 Å². The minimum absolute atomic E-state index is 0.0219. The van der Waals surface area contributed by atoms with Crippen molar-refractivity contribution >= 4 is 19.7 Å². The lowest BCUT2D eigenvalue weighted by molar-refractivity contribution is -0.870. The number of rotatable bonds is 50. The molecule has 0 fully saturated rings. The van der Waals surface area contributed by atoms with Crippen molar-refractivity contribution in [2.45, 2.75) is 238 Å². The van der Waals surface area contributed by atoms with Crippen LogP contribution in [0.3, 0.4) is 0 Å². The second-order valence-electron chi connectivity index (χ2n) is 20.1. The maximum Gasteiger partial charge on any atom is 0.472 e. The second kappa shape index (κ2) is 50.5. The van der Waals surface area contributed by atoms with Gasteiger partial charge in [0.2, 0.25) is 5.91 Å². The van der Waals surface area contributed by atoms with E-state index in [4.69, 9.17) is 13.8 Å². The summed E-state index contributed by atoms with van der Waals surface area (Å²) in [6.45, 7) is 6.81. The highest BCUT2D eigenvalue weighted by atomic mass is 31.2. The van der Waals surface area contributed by atoms with Crippen LogP contribution in [0.15, 0.2) is 97.2 Å². The molecule has 0 aromatic heterocycles. The van der Waals surface area contributed by atoms with Crippen molar-refractivity contribution in [1.82, 2.24) is 5.32 Å². The first-order valence-corrected chi connectivity index (χ1v) is 30.1. The van der Waals surface area contributed by atoms with Crippen LogP contribution < -0.4 is 5.32 Å². The van der Waals surface area contributed by atoms with E-state index in [1.165, 1.54) is 96.3 Å². The third-order valence-electron chi connectivity index (χ3n) is 12.0. The fourth-order valence-corrected chi connectivity index (χ4v) is 8.35. The summed E-state index contributed by atoms with van der Waals surface area (Å²) in [5, 5.41) is 3.01. The summed E-state index contributed by atoms with van der Waals surface area (Å²) in [5.74, 6) is -0.610. The first-order valence-electron chi connectivity index (χ1n) is 28.6. The molecule has 0 rings (SSSR count). The van der Waals surface area contributed by atoms with Crippen molar-refractivity contribution in [2.24, 2.45) is 0 Å². The SMILES string of the molecule is CC/C=C\C/C=C\C/C=C\C/C=C\C/C=C\CCCC(=O)OC(/C=C/CCCCCCCCCCCC)C(COP(=O)(O)OCC[N+](C)(C)C)NC(=O)CCCCC/C=C/C=C/CCCCCCCCC. The number of carbonyl (C=O) groups is 2. The molecule has 10 heteroatoms. The molecule has 0 aromatic rings. The van der Waals surface area contributed by atoms with Crippen LogP contribution in [0.5, 0.6) is 0 Å². The first kappa shape index (κ1) is 67.9. The van der Waals surface area contributed by atoms with Crippen LogP contribution in [0.2, 0.25) is 0 Å². The van der Waals surface area contributed by atoms with E-state index >= 15 is 0 Å². The number of amides is 1. The third kappa shape index (κ3) is 51.6. The van der Waals surface area contributed by atoms with Gasteiger partial charge in [-0.1, -0.05) is 215 Å². The minimum Gasteiger partial charge on any atom is -0.456 e. The maximum absolute atomic E-state index is 13.5. The molecule has 3 unspecified atom stereocenters. The number of hydrogen-bond donors (Lipinski definition) is 2. The Labute approximate surface area is 437 Å². The van der Waals surface area contributed by atoms with E-state index in [-0.39, 0.29) is 32.0 Å². The molecule has 0 heterocycles. The topological polar surface area (TPSA) is 111 Å². The number of nitrogens with zero attached hydrogens (tertiary/aromatic N) is 1. The Morgan fingerprint density at radius 3 is 1.45 bits per heavy atom. The van der Waals surface area contributed by atoms with E-state index in [1.54, 1.807) is 0 Å². The molecule has 3 atom stereocenters. The molecular formula is C61H108N2O7P+. The molecule has 71 heavy (non-hydrogen) atoms. The minimum atomic E-state index is -4.47. The van der Waals surface area contributed by atoms with Gasteiger partial charge >= 0.3 is 13.8 Å². The zero-order valence-corrected chi connectivity index (χ0v) is 47.3. The molecule has 2 N–H and O–H groups in total. The van der Waals surface area contributed by atoms with Crippen molar-refractivity contribution in [3.63, 3.8) is 0 Å². The maximum atomic E-state index is 13.5. The van der Waals surface area contributed by atoms with Gasteiger partial charge in [0, 0.05) is 12.8 Å². The predicted molar refractivity (Wildman–Crippen MR) is 304 cm³/mol. The quantitative estimate of drug-likeness (QED) is 0.0156. The highest BCUT2D eigenvalue weighted by molar-refractivity contribution is 7.47. The van der Waals surface area contributed by atoms with Crippen molar-refractivity contribution in [3.05, 3.63) is 97.2 Å². The summed E-state index contributed by atoms with van der Waals surface area (Å²) in [4.78, 5) is 37.5. The molecule has 0 bridgehead atoms. The molecule has 1 amide bonds. The molecule has 0 saturated carbocycles. The fourth-order valence-electron chi connectivity index (χ4n) is 7.61. The van der Waals surface area contributed by atoms with Gasteiger partial charge in [-0.15, -0.1) is 0 Å². The Hall–Kier alpha value is -3.07. The van der Waals surface area contributed by atoms with Gasteiger partial charge in [0.1, 0.15) is 19.3 Å². The molecular weight excluding hydrogens is 904 g/mol. The zero-order chi connectivity index (χ0) is 52.2. The van der Waals surface area contributed by atoms with Gasteiger partial charge in [-0.25, -0.2) is 4.57 Å². The van der Waals surface area contributed by atoms with Crippen molar-refractivity contribution < 1.29 is 37.3 Å². The average Bonchev–Trinajstić information content (AvgIpc) is 3.33. The van der Waals surface area contributed by atoms with Crippen molar-refractivity contribution in [3.8, 4) is 0 Å². The van der Waals surface area contributed by atoms with Gasteiger partial charge in [0.15, 0.2) is 0 Å². The Kier molecular flexibility index (Phi) is 48.3. The summed E-state index contributed by atoms with van der Waals surface area (Å²) < 4.78 is 30.5. The van der Waals surface area contributed by atoms with E-state index in [2.05, 4.69) is 111 Å². The number of unbranched alkanes of at least 4 members (excludes halogenated alkanes) is 21.